The molecule has 0 rings (SSSR count). The van der Waals surface area contributed by atoms with Crippen LogP contribution >= 0.6 is 7.82 Å². The Balaban J connectivity index is 4.06. The van der Waals surface area contributed by atoms with Crippen molar-refractivity contribution >= 4 is 13.7 Å². The summed E-state index contributed by atoms with van der Waals surface area (Å²) >= 11 is 0. The van der Waals surface area contributed by atoms with Crippen LogP contribution in [0.4, 0.5) is 0 Å². The van der Waals surface area contributed by atoms with Crippen LogP contribution < -0.4 is 10.2 Å². The number of quaternary nitrogens is 1. The van der Waals surface area contributed by atoms with Crippen LogP contribution in [0, 0.1) is 0 Å². The van der Waals surface area contributed by atoms with Crippen LogP contribution in [0.1, 0.15) is 335 Å². The highest BCUT2D eigenvalue weighted by Crippen LogP contribution is 2.38. The molecule has 3 unspecified atom stereocenters. The molecule has 0 radical (unpaired) electrons. The molecule has 1 amide bonds. The van der Waals surface area contributed by atoms with Crippen LogP contribution in [-0.2, 0) is 18.4 Å². The van der Waals surface area contributed by atoms with Gasteiger partial charge in [0.1, 0.15) is 13.2 Å². The minimum atomic E-state index is -4.62. The molecule has 3 atom stereocenters. The average molecular weight is 1220 g/mol. The van der Waals surface area contributed by atoms with Gasteiger partial charge in [-0.1, -0.05) is 342 Å². The van der Waals surface area contributed by atoms with Crippen molar-refractivity contribution in [3.05, 3.63) is 97.2 Å². The largest absolute Gasteiger partial charge is 0.756 e. The first-order chi connectivity index (χ1) is 42.0. The molecule has 0 aromatic rings. The number of allylic oxidation sites excluding steroid dienone is 15. The molecule has 0 aliphatic rings. The lowest BCUT2D eigenvalue weighted by Gasteiger charge is -2.29. The van der Waals surface area contributed by atoms with Crippen LogP contribution in [0.2, 0.25) is 0 Å². The molecule has 86 heavy (non-hydrogen) atoms. The number of carbonyl (C=O) groups excluding carboxylic acids is 1. The lowest BCUT2D eigenvalue weighted by molar-refractivity contribution is -0.870. The SMILES string of the molecule is CC/C=C\C/C=C\C/C=C\C/C=C\C/C=C\C/C=C\CCCCCCCCCCCCCCCCCCCCC(=O)NC(COP(=O)([O-])OCC[N+](C)(C)C)C(O)/C=C/CC/C=C/CCCCCCCCCCCCCCCCCCCCCCC. The number of hydrogen-bond donors (Lipinski definition) is 2. The second-order valence-electron chi connectivity index (χ2n) is 25.9. The van der Waals surface area contributed by atoms with E-state index in [-0.39, 0.29) is 12.5 Å². The van der Waals surface area contributed by atoms with E-state index in [0.29, 0.717) is 17.4 Å². The van der Waals surface area contributed by atoms with Crippen LogP contribution in [0.15, 0.2) is 97.2 Å². The summed E-state index contributed by atoms with van der Waals surface area (Å²) in [5, 5.41) is 14.0. The van der Waals surface area contributed by atoms with Gasteiger partial charge < -0.3 is 28.8 Å². The van der Waals surface area contributed by atoms with Crippen molar-refractivity contribution in [2.45, 2.75) is 347 Å². The highest BCUT2D eigenvalue weighted by atomic mass is 31.2. The number of phosphoric acid groups is 1. The summed E-state index contributed by atoms with van der Waals surface area (Å²) in [5.41, 5.74) is 0. The first-order valence-electron chi connectivity index (χ1n) is 36.6. The molecule has 0 aromatic carbocycles. The van der Waals surface area contributed by atoms with E-state index >= 15 is 0 Å². The Bertz CT molecular complexity index is 1730. The fourth-order valence-electron chi connectivity index (χ4n) is 10.6. The molecule has 9 heteroatoms. The van der Waals surface area contributed by atoms with Crippen LogP contribution in [-0.4, -0.2) is 68.5 Å². The van der Waals surface area contributed by atoms with Crippen molar-refractivity contribution in [3.8, 4) is 0 Å². The molecule has 0 aliphatic carbocycles. The summed E-state index contributed by atoms with van der Waals surface area (Å²) in [7, 11) is 1.25. The number of hydrogen-bond acceptors (Lipinski definition) is 6. The fraction of sp³-hybridized carbons (Fsp3) is 0.779. The number of nitrogens with zero attached hydrogens (tertiary/aromatic N) is 1. The van der Waals surface area contributed by atoms with E-state index in [2.05, 4.69) is 104 Å². The summed E-state index contributed by atoms with van der Waals surface area (Å²) in [4.78, 5) is 25.7. The molecule has 0 saturated heterocycles. The van der Waals surface area contributed by atoms with Crippen molar-refractivity contribution < 1.29 is 32.9 Å². The maximum absolute atomic E-state index is 13.0. The van der Waals surface area contributed by atoms with E-state index in [9.17, 15) is 19.4 Å². The number of unbranched alkanes of at least 4 members (excludes halogenated alkanes) is 40. The van der Waals surface area contributed by atoms with Gasteiger partial charge in [-0.15, -0.1) is 0 Å². The highest BCUT2D eigenvalue weighted by Gasteiger charge is 2.23. The summed E-state index contributed by atoms with van der Waals surface area (Å²) < 4.78 is 23.5. The first-order valence-corrected chi connectivity index (χ1v) is 38.1. The summed E-state index contributed by atoms with van der Waals surface area (Å²) in [6.45, 7) is 4.55. The summed E-state index contributed by atoms with van der Waals surface area (Å²) in [5.74, 6) is -0.204. The van der Waals surface area contributed by atoms with E-state index in [1.165, 1.54) is 238 Å². The van der Waals surface area contributed by atoms with Gasteiger partial charge in [0.2, 0.25) is 5.91 Å². The third-order valence-corrected chi connectivity index (χ3v) is 17.2. The van der Waals surface area contributed by atoms with Gasteiger partial charge in [0.25, 0.3) is 7.82 Å². The number of aliphatic hydroxyl groups excluding tert-OH is 1. The second-order valence-corrected chi connectivity index (χ2v) is 27.3. The minimum Gasteiger partial charge on any atom is -0.756 e. The number of carbonyl (C=O) groups is 1. The standard InChI is InChI=1S/C77H141N2O6P/c1-6-8-10-12-14-16-18-20-22-24-26-28-30-32-34-35-36-37-38-39-40-41-42-43-45-47-49-51-53-55-57-59-61-63-65-67-69-71-77(81)78-75(74-85-86(82,83)84-73-72-79(3,4)5)76(80)70-68-66-64-62-60-58-56-54-52-50-48-46-44-33-31-29-27-25-23-21-19-17-15-13-11-9-7-2/h8,10,14,16,20,22,26,28,32,34,36-37,60,62,68,70,75-76,80H,6-7,9,11-13,15,17-19,21,23-25,27,29-31,33,35,38-59,61,63-67,69,71-74H2,1-5H3,(H-,78,81,82,83)/b10-8-,16-14-,22-20-,28-26-,34-32-,37-36-,62-60+,70-68+. The third-order valence-electron chi connectivity index (χ3n) is 16.3. The number of aliphatic hydroxyl groups is 1. The molecular weight excluding hydrogens is 1080 g/mol. The van der Waals surface area contributed by atoms with Gasteiger partial charge in [-0.05, 0) is 83.5 Å². The maximum atomic E-state index is 13.0. The van der Waals surface area contributed by atoms with Crippen molar-refractivity contribution in [1.29, 1.82) is 0 Å². The Morgan fingerprint density at radius 3 is 1.08 bits per heavy atom. The second kappa shape index (κ2) is 66.8. The van der Waals surface area contributed by atoms with Crippen molar-refractivity contribution in [2.75, 3.05) is 40.9 Å². The van der Waals surface area contributed by atoms with E-state index in [4.69, 9.17) is 9.05 Å². The van der Waals surface area contributed by atoms with Crippen LogP contribution in [0.3, 0.4) is 0 Å². The van der Waals surface area contributed by atoms with Crippen molar-refractivity contribution in [2.24, 2.45) is 0 Å². The first kappa shape index (κ1) is 83.4. The van der Waals surface area contributed by atoms with E-state index in [1.807, 2.05) is 27.2 Å². The topological polar surface area (TPSA) is 108 Å². The lowest BCUT2D eigenvalue weighted by Crippen LogP contribution is -2.45. The van der Waals surface area contributed by atoms with Gasteiger partial charge in [0.15, 0.2) is 0 Å². The molecule has 0 bridgehead atoms. The van der Waals surface area contributed by atoms with Crippen molar-refractivity contribution in [1.82, 2.24) is 5.32 Å². The molecule has 0 aliphatic heterocycles. The zero-order valence-corrected chi connectivity index (χ0v) is 58.1. The number of likely N-dealkylation sites (N-methyl/N-ethyl adjacent to an activating group) is 1. The maximum Gasteiger partial charge on any atom is 0.268 e. The van der Waals surface area contributed by atoms with Gasteiger partial charge in [-0.2, -0.15) is 0 Å². The van der Waals surface area contributed by atoms with E-state index in [0.717, 1.165) is 77.0 Å². The molecule has 2 N–H and O–H groups in total. The third kappa shape index (κ3) is 68.9. The molecular formula is C77H141N2O6P. The number of amides is 1. The smallest absolute Gasteiger partial charge is 0.268 e. The van der Waals surface area contributed by atoms with Crippen molar-refractivity contribution in [3.63, 3.8) is 0 Å². The normalized spacial score (nSPS) is 14.2. The Kier molecular flexibility index (Phi) is 64.8. The zero-order chi connectivity index (χ0) is 62.6. The summed E-state index contributed by atoms with van der Waals surface area (Å²) in [6, 6.07) is -0.909. The molecule has 0 spiro atoms. The number of phosphoric ester groups is 1. The molecule has 500 valence electrons. The Hall–Kier alpha value is -2.58. The molecule has 0 saturated carbocycles. The zero-order valence-electron chi connectivity index (χ0n) is 57.3. The van der Waals surface area contributed by atoms with Gasteiger partial charge in [0.05, 0.1) is 39.9 Å². The Morgan fingerprint density at radius 1 is 0.419 bits per heavy atom. The quantitative estimate of drug-likeness (QED) is 0.0272. The van der Waals surface area contributed by atoms with Gasteiger partial charge in [0, 0.05) is 6.42 Å². The Morgan fingerprint density at radius 2 is 0.721 bits per heavy atom. The fourth-order valence-corrected chi connectivity index (χ4v) is 11.4. The molecule has 0 aromatic heterocycles. The molecule has 0 fully saturated rings. The molecule has 0 heterocycles. The predicted octanol–water partition coefficient (Wildman–Crippen LogP) is 23.0. The monoisotopic (exact) mass is 1220 g/mol. The van der Waals surface area contributed by atoms with Gasteiger partial charge in [-0.3, -0.25) is 9.36 Å². The minimum absolute atomic E-state index is 0.00797. The lowest BCUT2D eigenvalue weighted by atomic mass is 10.0. The van der Waals surface area contributed by atoms with E-state index < -0.39 is 26.6 Å². The van der Waals surface area contributed by atoms with Crippen LogP contribution in [0.5, 0.6) is 0 Å². The van der Waals surface area contributed by atoms with E-state index in [1.54, 1.807) is 6.08 Å². The summed E-state index contributed by atoms with van der Waals surface area (Å²) in [6.07, 6.45) is 96.9. The average Bonchev–Trinajstić information content (AvgIpc) is 3.70. The highest BCUT2D eigenvalue weighted by molar-refractivity contribution is 7.45. The van der Waals surface area contributed by atoms with Crippen LogP contribution in [0.25, 0.3) is 0 Å². The molecule has 8 nitrogen and oxygen atoms in total. The van der Waals surface area contributed by atoms with Gasteiger partial charge in [-0.25, -0.2) is 0 Å². The number of nitrogens with one attached hydrogen (secondary N) is 1. The van der Waals surface area contributed by atoms with Gasteiger partial charge >= 0.3 is 0 Å². The number of rotatable bonds is 67. The Labute approximate surface area is 534 Å². The predicted molar refractivity (Wildman–Crippen MR) is 376 cm³/mol.